The molecule has 1 amide bonds. The number of carbonyl (C=O) groups excluding carboxylic acids is 1. The Kier molecular flexibility index (Phi) is 4.94. The molecule has 0 unspecified atom stereocenters. The lowest BCUT2D eigenvalue weighted by molar-refractivity contribution is 0.0784. The molecule has 2 aromatic carbocycles. The van der Waals surface area contributed by atoms with E-state index in [0.717, 1.165) is 10.0 Å². The summed E-state index contributed by atoms with van der Waals surface area (Å²) in [7, 11) is 1.70. The van der Waals surface area contributed by atoms with Gasteiger partial charge in [0.15, 0.2) is 0 Å². The zero-order valence-corrected chi connectivity index (χ0v) is 13.9. The Labute approximate surface area is 133 Å². The van der Waals surface area contributed by atoms with E-state index in [-0.39, 0.29) is 5.91 Å². The lowest BCUT2D eigenvalue weighted by Gasteiger charge is -2.18. The highest BCUT2D eigenvalue weighted by Crippen LogP contribution is 2.20. The molecule has 0 aliphatic heterocycles. The van der Waals surface area contributed by atoms with Gasteiger partial charge in [0, 0.05) is 23.6 Å². The molecule has 0 aliphatic rings. The van der Waals surface area contributed by atoms with Crippen LogP contribution in [0.25, 0.3) is 0 Å². The maximum Gasteiger partial charge on any atom is 0.254 e. The molecule has 0 spiro atoms. The second kappa shape index (κ2) is 6.50. The predicted molar refractivity (Wildman–Crippen MR) is 84.0 cm³/mol. The van der Waals surface area contributed by atoms with Gasteiger partial charge in [-0.1, -0.05) is 34.1 Å². The Hall–Kier alpha value is -1.20. The van der Waals surface area contributed by atoms with Crippen molar-refractivity contribution in [3.05, 3.63) is 68.4 Å². The van der Waals surface area contributed by atoms with Gasteiger partial charge < -0.3 is 4.90 Å². The summed E-state index contributed by atoms with van der Waals surface area (Å²) in [6.45, 7) is 0.456. The lowest BCUT2D eigenvalue weighted by Crippen LogP contribution is -2.26. The van der Waals surface area contributed by atoms with Crippen LogP contribution in [-0.2, 0) is 6.54 Å². The van der Waals surface area contributed by atoms with E-state index < -0.39 is 5.82 Å². The average Bonchev–Trinajstić information content (AvgIpc) is 2.43. The van der Waals surface area contributed by atoms with Crippen molar-refractivity contribution in [2.45, 2.75) is 6.54 Å². The Balaban J connectivity index is 2.16. The van der Waals surface area contributed by atoms with Gasteiger partial charge in [0.2, 0.25) is 0 Å². The van der Waals surface area contributed by atoms with Crippen molar-refractivity contribution < 1.29 is 9.18 Å². The van der Waals surface area contributed by atoms with Crippen LogP contribution >= 0.6 is 31.9 Å². The molecule has 0 aliphatic carbocycles. The molecule has 0 radical (unpaired) electrons. The van der Waals surface area contributed by atoms with Crippen molar-refractivity contribution in [2.24, 2.45) is 0 Å². The summed E-state index contributed by atoms with van der Waals surface area (Å²) in [4.78, 5) is 13.8. The topological polar surface area (TPSA) is 20.3 Å². The molecule has 20 heavy (non-hydrogen) atoms. The first-order valence-corrected chi connectivity index (χ1v) is 7.51. The van der Waals surface area contributed by atoms with E-state index in [4.69, 9.17) is 0 Å². The highest BCUT2D eigenvalue weighted by atomic mass is 79.9. The molecule has 0 heterocycles. The van der Waals surface area contributed by atoms with Crippen LogP contribution in [0.3, 0.4) is 0 Å². The number of amides is 1. The molecular formula is C15H12Br2FNO. The molecule has 2 aromatic rings. The first-order valence-electron chi connectivity index (χ1n) is 5.93. The zero-order chi connectivity index (χ0) is 14.7. The maximum atomic E-state index is 13.5. The van der Waals surface area contributed by atoms with Crippen LogP contribution in [-0.4, -0.2) is 17.9 Å². The second-order valence-electron chi connectivity index (χ2n) is 4.38. The van der Waals surface area contributed by atoms with Crippen molar-refractivity contribution >= 4 is 37.8 Å². The third kappa shape index (κ3) is 3.46. The summed E-state index contributed by atoms with van der Waals surface area (Å²) in [6, 6.07) is 12.1. The number of hydrogen-bond donors (Lipinski definition) is 0. The molecule has 5 heteroatoms. The smallest absolute Gasteiger partial charge is 0.254 e. The molecular weight excluding hydrogens is 389 g/mol. The number of nitrogens with zero attached hydrogens (tertiary/aromatic N) is 1. The average molecular weight is 401 g/mol. The first-order chi connectivity index (χ1) is 9.49. The van der Waals surface area contributed by atoms with E-state index in [1.807, 2.05) is 24.3 Å². The highest BCUT2D eigenvalue weighted by Gasteiger charge is 2.14. The van der Waals surface area contributed by atoms with E-state index in [1.54, 1.807) is 18.0 Å². The van der Waals surface area contributed by atoms with Gasteiger partial charge in [-0.05, 0) is 45.8 Å². The molecule has 0 N–H and O–H groups in total. The minimum atomic E-state index is -0.440. The monoisotopic (exact) mass is 399 g/mol. The SMILES string of the molecule is CN(Cc1ccccc1Br)C(=O)c1ccc(Br)c(F)c1. The van der Waals surface area contributed by atoms with Crippen LogP contribution < -0.4 is 0 Å². The third-order valence-electron chi connectivity index (χ3n) is 2.88. The number of halogens is 3. The summed E-state index contributed by atoms with van der Waals surface area (Å²) in [5.41, 5.74) is 1.33. The predicted octanol–water partition coefficient (Wildman–Crippen LogP) is 4.62. The normalized spacial score (nSPS) is 10.4. The number of benzene rings is 2. The number of hydrogen-bond acceptors (Lipinski definition) is 1. The standard InChI is InChI=1S/C15H12Br2FNO/c1-19(9-11-4-2-3-5-12(11)16)15(20)10-6-7-13(17)14(18)8-10/h2-8H,9H2,1H3. The summed E-state index contributed by atoms with van der Waals surface area (Å²) >= 11 is 6.52. The van der Waals surface area contributed by atoms with Crippen LogP contribution in [0, 0.1) is 5.82 Å². The van der Waals surface area contributed by atoms with Crippen molar-refractivity contribution in [3.63, 3.8) is 0 Å². The Bertz CT molecular complexity index is 646. The third-order valence-corrected chi connectivity index (χ3v) is 4.30. The van der Waals surface area contributed by atoms with Gasteiger partial charge in [-0.25, -0.2) is 4.39 Å². The molecule has 2 nitrogen and oxygen atoms in total. The Morgan fingerprint density at radius 2 is 1.85 bits per heavy atom. The summed E-state index contributed by atoms with van der Waals surface area (Å²) in [5.74, 6) is -0.655. The van der Waals surface area contributed by atoms with Crippen LogP contribution in [0.4, 0.5) is 4.39 Å². The van der Waals surface area contributed by atoms with Gasteiger partial charge in [-0.3, -0.25) is 4.79 Å². The van der Waals surface area contributed by atoms with Crippen molar-refractivity contribution in [2.75, 3.05) is 7.05 Å². The van der Waals surface area contributed by atoms with Crippen LogP contribution in [0.5, 0.6) is 0 Å². The Morgan fingerprint density at radius 3 is 2.50 bits per heavy atom. The molecule has 0 saturated carbocycles. The second-order valence-corrected chi connectivity index (χ2v) is 6.09. The molecule has 0 fully saturated rings. The molecule has 0 aromatic heterocycles. The zero-order valence-electron chi connectivity index (χ0n) is 10.7. The van der Waals surface area contributed by atoms with Gasteiger partial charge in [-0.15, -0.1) is 0 Å². The highest BCUT2D eigenvalue weighted by molar-refractivity contribution is 9.10. The summed E-state index contributed by atoms with van der Waals surface area (Å²) in [6.07, 6.45) is 0. The van der Waals surface area contributed by atoms with Crippen LogP contribution in [0.1, 0.15) is 15.9 Å². The van der Waals surface area contributed by atoms with Crippen molar-refractivity contribution in [1.82, 2.24) is 4.90 Å². The minimum absolute atomic E-state index is 0.216. The van der Waals surface area contributed by atoms with Crippen molar-refractivity contribution in [1.29, 1.82) is 0 Å². The number of carbonyl (C=O) groups is 1. The lowest BCUT2D eigenvalue weighted by atomic mass is 10.1. The molecule has 0 saturated heterocycles. The van der Waals surface area contributed by atoms with E-state index in [9.17, 15) is 9.18 Å². The fraction of sp³-hybridized carbons (Fsp3) is 0.133. The van der Waals surface area contributed by atoms with Crippen LogP contribution in [0.2, 0.25) is 0 Å². The summed E-state index contributed by atoms with van der Waals surface area (Å²) in [5, 5.41) is 0. The molecule has 2 rings (SSSR count). The quantitative estimate of drug-likeness (QED) is 0.735. The molecule has 0 atom stereocenters. The largest absolute Gasteiger partial charge is 0.337 e. The maximum absolute atomic E-state index is 13.5. The van der Waals surface area contributed by atoms with Gasteiger partial charge in [0.25, 0.3) is 5.91 Å². The van der Waals surface area contributed by atoms with E-state index >= 15 is 0 Å². The first kappa shape index (κ1) is 15.2. The molecule has 104 valence electrons. The molecule has 0 bridgehead atoms. The van der Waals surface area contributed by atoms with E-state index in [0.29, 0.717) is 16.6 Å². The van der Waals surface area contributed by atoms with Gasteiger partial charge in [-0.2, -0.15) is 0 Å². The Morgan fingerprint density at radius 1 is 1.15 bits per heavy atom. The van der Waals surface area contributed by atoms with Gasteiger partial charge in [0.05, 0.1) is 4.47 Å². The van der Waals surface area contributed by atoms with Crippen molar-refractivity contribution in [3.8, 4) is 0 Å². The fourth-order valence-corrected chi connectivity index (χ4v) is 2.46. The van der Waals surface area contributed by atoms with Gasteiger partial charge in [0.1, 0.15) is 5.82 Å². The van der Waals surface area contributed by atoms with Crippen LogP contribution in [0.15, 0.2) is 51.4 Å². The van der Waals surface area contributed by atoms with E-state index in [2.05, 4.69) is 31.9 Å². The summed E-state index contributed by atoms with van der Waals surface area (Å²) < 4.78 is 14.8. The van der Waals surface area contributed by atoms with Gasteiger partial charge >= 0.3 is 0 Å². The fourth-order valence-electron chi connectivity index (χ4n) is 1.80. The minimum Gasteiger partial charge on any atom is -0.337 e. The van der Waals surface area contributed by atoms with E-state index in [1.165, 1.54) is 12.1 Å². The number of rotatable bonds is 3.